The lowest BCUT2D eigenvalue weighted by molar-refractivity contribution is -0.117. The molecule has 0 unspecified atom stereocenters. The Balaban J connectivity index is 2.45. The second kappa shape index (κ2) is 6.39. The van der Waals surface area contributed by atoms with Gasteiger partial charge in [-0.25, -0.2) is 9.78 Å². The van der Waals surface area contributed by atoms with Gasteiger partial charge in [-0.15, -0.1) is 11.3 Å². The molecule has 2 aromatic heterocycles. The Labute approximate surface area is 131 Å². The number of rotatable bonds is 5. The van der Waals surface area contributed by atoms with E-state index in [1.165, 1.54) is 17.8 Å². The Bertz CT molecular complexity index is 789. The highest BCUT2D eigenvalue weighted by Gasteiger charge is 2.20. The van der Waals surface area contributed by atoms with Gasteiger partial charge in [-0.3, -0.25) is 14.2 Å². The SMILES string of the molecule is CC(=O)Cn1cnc2sc(C(=O)OCC(C)C)c(C)c2c1=O. The molecule has 118 valence electrons. The van der Waals surface area contributed by atoms with Crippen molar-refractivity contribution in [1.29, 1.82) is 0 Å². The molecule has 2 aromatic rings. The van der Waals surface area contributed by atoms with Crippen LogP contribution in [0.1, 0.15) is 36.0 Å². The maximum Gasteiger partial charge on any atom is 0.348 e. The molecule has 0 aliphatic carbocycles. The molecule has 0 spiro atoms. The molecular formula is C15H18N2O4S. The molecule has 2 rings (SSSR count). The van der Waals surface area contributed by atoms with Crippen LogP contribution in [0.4, 0.5) is 0 Å². The minimum Gasteiger partial charge on any atom is -0.461 e. The van der Waals surface area contributed by atoms with Crippen LogP contribution in [0.15, 0.2) is 11.1 Å². The van der Waals surface area contributed by atoms with Crippen molar-refractivity contribution in [2.45, 2.75) is 34.2 Å². The van der Waals surface area contributed by atoms with Crippen LogP contribution in [0.3, 0.4) is 0 Å². The van der Waals surface area contributed by atoms with E-state index in [4.69, 9.17) is 4.74 Å². The molecule has 6 nitrogen and oxygen atoms in total. The third-order valence-electron chi connectivity index (χ3n) is 3.04. The monoisotopic (exact) mass is 322 g/mol. The zero-order chi connectivity index (χ0) is 16.4. The van der Waals surface area contributed by atoms with Gasteiger partial charge in [0.15, 0.2) is 0 Å². The number of aromatic nitrogens is 2. The first-order valence-electron chi connectivity index (χ1n) is 6.96. The Kier molecular flexibility index (Phi) is 4.75. The highest BCUT2D eigenvalue weighted by atomic mass is 32.1. The third kappa shape index (κ3) is 3.24. The molecule has 0 aromatic carbocycles. The number of hydrogen-bond donors (Lipinski definition) is 0. The zero-order valence-corrected chi connectivity index (χ0v) is 13.8. The van der Waals surface area contributed by atoms with Gasteiger partial charge < -0.3 is 4.74 Å². The number of fused-ring (bicyclic) bond motifs is 1. The van der Waals surface area contributed by atoms with Crippen LogP contribution in [-0.2, 0) is 16.1 Å². The summed E-state index contributed by atoms with van der Waals surface area (Å²) in [7, 11) is 0. The summed E-state index contributed by atoms with van der Waals surface area (Å²) in [6, 6.07) is 0. The van der Waals surface area contributed by atoms with E-state index in [2.05, 4.69) is 4.98 Å². The van der Waals surface area contributed by atoms with Gasteiger partial charge in [0, 0.05) is 0 Å². The fourth-order valence-corrected chi connectivity index (χ4v) is 3.05. The summed E-state index contributed by atoms with van der Waals surface area (Å²) < 4.78 is 6.47. The lowest BCUT2D eigenvalue weighted by Crippen LogP contribution is -2.23. The molecule has 0 atom stereocenters. The van der Waals surface area contributed by atoms with Crippen LogP contribution in [0, 0.1) is 12.8 Å². The molecule has 22 heavy (non-hydrogen) atoms. The Hall–Kier alpha value is -2.02. The normalized spacial score (nSPS) is 11.1. The second-order valence-corrected chi connectivity index (χ2v) is 6.61. The van der Waals surface area contributed by atoms with E-state index in [1.54, 1.807) is 6.92 Å². The van der Waals surface area contributed by atoms with E-state index in [9.17, 15) is 14.4 Å². The summed E-state index contributed by atoms with van der Waals surface area (Å²) in [5, 5.41) is 0.380. The first-order valence-corrected chi connectivity index (χ1v) is 7.78. The molecular weight excluding hydrogens is 304 g/mol. The van der Waals surface area contributed by atoms with Crippen LogP contribution < -0.4 is 5.56 Å². The molecule has 0 aliphatic rings. The summed E-state index contributed by atoms with van der Waals surface area (Å²) in [4.78, 5) is 40.8. The lowest BCUT2D eigenvalue weighted by atomic mass is 10.2. The van der Waals surface area contributed by atoms with Gasteiger partial charge in [0.05, 0.1) is 24.9 Å². The minimum absolute atomic E-state index is 0.0236. The first kappa shape index (κ1) is 16.4. The number of carbonyl (C=O) groups is 2. The van der Waals surface area contributed by atoms with Gasteiger partial charge in [-0.2, -0.15) is 0 Å². The van der Waals surface area contributed by atoms with Gasteiger partial charge in [-0.1, -0.05) is 13.8 Å². The number of thiophene rings is 1. The fourth-order valence-electron chi connectivity index (χ4n) is 2.01. The second-order valence-electron chi connectivity index (χ2n) is 5.61. The smallest absolute Gasteiger partial charge is 0.348 e. The molecule has 0 fully saturated rings. The van der Waals surface area contributed by atoms with E-state index >= 15 is 0 Å². The van der Waals surface area contributed by atoms with Crippen molar-refractivity contribution in [3.63, 3.8) is 0 Å². The van der Waals surface area contributed by atoms with E-state index in [0.29, 0.717) is 27.3 Å². The predicted molar refractivity (Wildman–Crippen MR) is 84.4 cm³/mol. The number of ether oxygens (including phenoxy) is 1. The van der Waals surface area contributed by atoms with E-state index in [0.717, 1.165) is 11.3 Å². The van der Waals surface area contributed by atoms with Crippen molar-refractivity contribution in [2.75, 3.05) is 6.61 Å². The molecule has 0 saturated heterocycles. The molecule has 2 heterocycles. The number of esters is 1. The van der Waals surface area contributed by atoms with E-state index in [1.807, 2.05) is 13.8 Å². The molecule has 0 aliphatic heterocycles. The summed E-state index contributed by atoms with van der Waals surface area (Å²) in [5.41, 5.74) is 0.251. The number of Topliss-reactive ketones (excluding diaryl/α,β-unsaturated/α-hetero) is 1. The standard InChI is InChI=1S/C15H18N2O4S/c1-8(2)6-21-15(20)12-10(4)11-13(22-12)16-7-17(14(11)19)5-9(3)18/h7-8H,5-6H2,1-4H3. The number of carbonyl (C=O) groups excluding carboxylic acids is 2. The number of ketones is 1. The van der Waals surface area contributed by atoms with Crippen LogP contribution in [0.2, 0.25) is 0 Å². The average molecular weight is 322 g/mol. The molecule has 0 saturated carbocycles. The Morgan fingerprint density at radius 1 is 1.41 bits per heavy atom. The number of hydrogen-bond acceptors (Lipinski definition) is 6. The minimum atomic E-state index is -0.438. The molecule has 0 radical (unpaired) electrons. The summed E-state index contributed by atoms with van der Waals surface area (Å²) >= 11 is 1.14. The van der Waals surface area contributed by atoms with E-state index in [-0.39, 0.29) is 23.8 Å². The summed E-state index contributed by atoms with van der Waals surface area (Å²) in [6.07, 6.45) is 1.34. The van der Waals surface area contributed by atoms with Gasteiger partial charge in [0.25, 0.3) is 5.56 Å². The largest absolute Gasteiger partial charge is 0.461 e. The van der Waals surface area contributed by atoms with Gasteiger partial charge >= 0.3 is 5.97 Å². The Morgan fingerprint density at radius 3 is 2.68 bits per heavy atom. The first-order chi connectivity index (χ1) is 10.3. The lowest BCUT2D eigenvalue weighted by Gasteiger charge is -2.06. The maximum atomic E-state index is 12.4. The maximum absolute atomic E-state index is 12.4. The quantitative estimate of drug-likeness (QED) is 0.788. The highest BCUT2D eigenvalue weighted by molar-refractivity contribution is 7.20. The topological polar surface area (TPSA) is 78.3 Å². The van der Waals surface area contributed by atoms with Crippen LogP contribution in [0.5, 0.6) is 0 Å². The van der Waals surface area contributed by atoms with Crippen molar-refractivity contribution in [3.8, 4) is 0 Å². The molecule has 0 bridgehead atoms. The fraction of sp³-hybridized carbons (Fsp3) is 0.467. The molecule has 0 amide bonds. The van der Waals surface area contributed by atoms with Gasteiger partial charge in [0.1, 0.15) is 15.5 Å². The van der Waals surface area contributed by atoms with Crippen molar-refractivity contribution in [1.82, 2.24) is 9.55 Å². The van der Waals surface area contributed by atoms with Crippen molar-refractivity contribution in [2.24, 2.45) is 5.92 Å². The Morgan fingerprint density at radius 2 is 2.09 bits per heavy atom. The summed E-state index contributed by atoms with van der Waals surface area (Å²) in [6.45, 7) is 7.32. The predicted octanol–water partition coefficient (Wildman–Crippen LogP) is 2.17. The van der Waals surface area contributed by atoms with Gasteiger partial charge in [0.2, 0.25) is 0 Å². The zero-order valence-electron chi connectivity index (χ0n) is 13.0. The number of aryl methyl sites for hydroxylation is 1. The third-order valence-corrected chi connectivity index (χ3v) is 4.22. The molecule has 7 heteroatoms. The highest BCUT2D eigenvalue weighted by Crippen LogP contribution is 2.27. The summed E-state index contributed by atoms with van der Waals surface area (Å²) in [5.74, 6) is -0.330. The van der Waals surface area contributed by atoms with Crippen molar-refractivity contribution >= 4 is 33.3 Å². The average Bonchev–Trinajstić information content (AvgIpc) is 2.77. The van der Waals surface area contributed by atoms with Gasteiger partial charge in [-0.05, 0) is 25.3 Å². The molecule has 0 N–H and O–H groups in total. The van der Waals surface area contributed by atoms with Crippen molar-refractivity contribution in [3.05, 3.63) is 27.1 Å². The van der Waals surface area contributed by atoms with Crippen LogP contribution in [-0.4, -0.2) is 27.9 Å². The number of nitrogens with zero attached hydrogens (tertiary/aromatic N) is 2. The van der Waals surface area contributed by atoms with Crippen LogP contribution >= 0.6 is 11.3 Å². The van der Waals surface area contributed by atoms with Crippen molar-refractivity contribution < 1.29 is 14.3 Å². The van der Waals surface area contributed by atoms with Crippen LogP contribution in [0.25, 0.3) is 10.2 Å². The van der Waals surface area contributed by atoms with E-state index < -0.39 is 5.97 Å².